The van der Waals surface area contributed by atoms with E-state index in [4.69, 9.17) is 9.47 Å². The first-order valence-corrected chi connectivity index (χ1v) is 7.61. The molecule has 1 aliphatic heterocycles. The molecule has 7 nitrogen and oxygen atoms in total. The maximum atomic E-state index is 12.0. The van der Waals surface area contributed by atoms with Gasteiger partial charge in [-0.25, -0.2) is 9.59 Å². The van der Waals surface area contributed by atoms with E-state index in [1.165, 1.54) is 0 Å². The predicted octanol–water partition coefficient (Wildman–Crippen LogP) is 0.879. The minimum atomic E-state index is -1.13. The number of hydrogen-bond donors (Lipinski definition) is 3. The van der Waals surface area contributed by atoms with Crippen molar-refractivity contribution >= 4 is 12.0 Å². The van der Waals surface area contributed by atoms with Gasteiger partial charge in [-0.2, -0.15) is 0 Å². The highest BCUT2D eigenvalue weighted by Gasteiger charge is 2.40. The predicted molar refractivity (Wildman–Crippen MR) is 75.2 cm³/mol. The SMILES string of the molecule is O=C(NCC1COCCO1)NC1(C(=O)O)CCCCCC1. The highest BCUT2D eigenvalue weighted by molar-refractivity contribution is 5.86. The van der Waals surface area contributed by atoms with Gasteiger partial charge in [-0.15, -0.1) is 0 Å². The van der Waals surface area contributed by atoms with Crippen molar-refractivity contribution in [2.24, 2.45) is 0 Å². The second-order valence-corrected chi connectivity index (χ2v) is 5.70. The van der Waals surface area contributed by atoms with E-state index in [1.54, 1.807) is 0 Å². The second kappa shape index (κ2) is 7.61. The van der Waals surface area contributed by atoms with Crippen LogP contribution < -0.4 is 10.6 Å². The molecule has 1 saturated carbocycles. The number of carbonyl (C=O) groups is 2. The molecule has 0 spiro atoms. The lowest BCUT2D eigenvalue weighted by Crippen LogP contribution is -2.57. The lowest BCUT2D eigenvalue weighted by molar-refractivity contribution is -0.145. The van der Waals surface area contributed by atoms with Crippen molar-refractivity contribution in [2.45, 2.75) is 50.2 Å². The first-order chi connectivity index (χ1) is 10.1. The summed E-state index contributed by atoms with van der Waals surface area (Å²) in [6, 6.07) is -0.450. The molecule has 7 heteroatoms. The Bertz CT molecular complexity index is 360. The summed E-state index contributed by atoms with van der Waals surface area (Å²) in [6.07, 6.45) is 4.49. The van der Waals surface area contributed by atoms with E-state index in [0.717, 1.165) is 25.7 Å². The maximum absolute atomic E-state index is 12.0. The molecular weight excluding hydrogens is 276 g/mol. The summed E-state index contributed by atoms with van der Waals surface area (Å²) in [5.41, 5.74) is -1.13. The summed E-state index contributed by atoms with van der Waals surface area (Å²) in [5.74, 6) is -0.947. The molecule has 1 aliphatic carbocycles. The number of rotatable bonds is 4. The quantitative estimate of drug-likeness (QED) is 0.670. The molecule has 0 aromatic rings. The molecule has 3 N–H and O–H groups in total. The molecule has 0 aromatic heterocycles. The van der Waals surface area contributed by atoms with Gasteiger partial charge in [0.25, 0.3) is 0 Å². The Balaban J connectivity index is 1.84. The molecule has 2 aliphatic rings. The summed E-state index contributed by atoms with van der Waals surface area (Å²) in [6.45, 7) is 1.86. The highest BCUT2D eigenvalue weighted by Crippen LogP contribution is 2.27. The lowest BCUT2D eigenvalue weighted by atomic mass is 9.90. The van der Waals surface area contributed by atoms with Gasteiger partial charge in [0.05, 0.1) is 25.9 Å². The Morgan fingerprint density at radius 3 is 2.43 bits per heavy atom. The summed E-state index contributed by atoms with van der Waals surface area (Å²) in [4.78, 5) is 23.6. The van der Waals surface area contributed by atoms with Gasteiger partial charge in [0, 0.05) is 6.54 Å². The largest absolute Gasteiger partial charge is 0.480 e. The summed E-state index contributed by atoms with van der Waals surface area (Å²) >= 11 is 0. The van der Waals surface area contributed by atoms with Gasteiger partial charge >= 0.3 is 12.0 Å². The van der Waals surface area contributed by atoms with E-state index >= 15 is 0 Å². The Morgan fingerprint density at radius 2 is 1.86 bits per heavy atom. The topological polar surface area (TPSA) is 96.9 Å². The zero-order valence-electron chi connectivity index (χ0n) is 12.2. The van der Waals surface area contributed by atoms with E-state index in [0.29, 0.717) is 39.2 Å². The van der Waals surface area contributed by atoms with Gasteiger partial charge in [0.15, 0.2) is 0 Å². The number of carboxylic acid groups (broad SMARTS) is 1. The summed E-state index contributed by atoms with van der Waals surface area (Å²) in [7, 11) is 0. The average Bonchev–Trinajstić information content (AvgIpc) is 2.73. The van der Waals surface area contributed by atoms with E-state index in [2.05, 4.69) is 10.6 Å². The zero-order valence-corrected chi connectivity index (χ0v) is 12.2. The van der Waals surface area contributed by atoms with Crippen LogP contribution in [0.25, 0.3) is 0 Å². The van der Waals surface area contributed by atoms with Crippen LogP contribution in [0.4, 0.5) is 4.79 Å². The third-order valence-corrected chi connectivity index (χ3v) is 4.09. The molecule has 1 unspecified atom stereocenters. The van der Waals surface area contributed by atoms with E-state index in [1.807, 2.05) is 0 Å². The number of amides is 2. The fourth-order valence-corrected chi connectivity index (χ4v) is 2.85. The molecule has 1 heterocycles. The number of urea groups is 1. The monoisotopic (exact) mass is 300 g/mol. The minimum absolute atomic E-state index is 0.167. The van der Waals surface area contributed by atoms with E-state index in [-0.39, 0.29) is 6.10 Å². The zero-order chi connectivity index (χ0) is 15.1. The van der Waals surface area contributed by atoms with Crippen molar-refractivity contribution < 1.29 is 24.2 Å². The van der Waals surface area contributed by atoms with Crippen LogP contribution in [0.15, 0.2) is 0 Å². The van der Waals surface area contributed by atoms with Crippen molar-refractivity contribution in [2.75, 3.05) is 26.4 Å². The van der Waals surface area contributed by atoms with Gasteiger partial charge in [-0.05, 0) is 12.8 Å². The molecule has 1 saturated heterocycles. The number of carbonyl (C=O) groups excluding carboxylic acids is 1. The average molecular weight is 300 g/mol. The van der Waals surface area contributed by atoms with Crippen molar-refractivity contribution in [3.63, 3.8) is 0 Å². The number of ether oxygens (including phenoxy) is 2. The van der Waals surface area contributed by atoms with Crippen LogP contribution in [-0.2, 0) is 14.3 Å². The third kappa shape index (κ3) is 4.57. The molecule has 2 fully saturated rings. The van der Waals surface area contributed by atoms with Crippen molar-refractivity contribution in [1.82, 2.24) is 10.6 Å². The van der Waals surface area contributed by atoms with Gasteiger partial charge in [-0.1, -0.05) is 25.7 Å². The molecule has 21 heavy (non-hydrogen) atoms. The minimum Gasteiger partial charge on any atom is -0.480 e. The highest BCUT2D eigenvalue weighted by atomic mass is 16.6. The standard InChI is InChI=1S/C14H24N2O5/c17-12(18)14(5-3-1-2-4-6-14)16-13(19)15-9-11-10-20-7-8-21-11/h11H,1-10H2,(H,17,18)(H2,15,16,19). The van der Waals surface area contributed by atoms with Crippen molar-refractivity contribution in [1.29, 1.82) is 0 Å². The fourth-order valence-electron chi connectivity index (χ4n) is 2.85. The van der Waals surface area contributed by atoms with Crippen LogP contribution in [0, 0.1) is 0 Å². The second-order valence-electron chi connectivity index (χ2n) is 5.70. The molecule has 0 aromatic carbocycles. The number of carboxylic acids is 1. The van der Waals surface area contributed by atoms with Gasteiger partial charge in [0.2, 0.25) is 0 Å². The first kappa shape index (κ1) is 16.0. The Hall–Kier alpha value is -1.34. The van der Waals surface area contributed by atoms with E-state index in [9.17, 15) is 14.7 Å². The van der Waals surface area contributed by atoms with Crippen LogP contribution in [0.2, 0.25) is 0 Å². The third-order valence-electron chi connectivity index (χ3n) is 4.09. The van der Waals surface area contributed by atoms with E-state index < -0.39 is 17.5 Å². The number of hydrogen-bond acceptors (Lipinski definition) is 4. The summed E-state index contributed by atoms with van der Waals surface area (Å²) < 4.78 is 10.7. The molecule has 0 radical (unpaired) electrons. The van der Waals surface area contributed by atoms with Crippen molar-refractivity contribution in [3.8, 4) is 0 Å². The van der Waals surface area contributed by atoms with Crippen LogP contribution in [0.1, 0.15) is 38.5 Å². The number of aliphatic carboxylic acids is 1. The lowest BCUT2D eigenvalue weighted by Gasteiger charge is -2.30. The first-order valence-electron chi connectivity index (χ1n) is 7.61. The molecule has 2 rings (SSSR count). The molecule has 120 valence electrons. The summed E-state index contributed by atoms with van der Waals surface area (Å²) in [5, 5.41) is 14.8. The van der Waals surface area contributed by atoms with Gasteiger partial charge in [-0.3, -0.25) is 0 Å². The van der Waals surface area contributed by atoms with Crippen molar-refractivity contribution in [3.05, 3.63) is 0 Å². The Kier molecular flexibility index (Phi) is 5.81. The van der Waals surface area contributed by atoms with Crippen LogP contribution in [0.3, 0.4) is 0 Å². The number of nitrogens with one attached hydrogen (secondary N) is 2. The van der Waals surface area contributed by atoms with Crippen LogP contribution in [-0.4, -0.2) is 55.1 Å². The normalized spacial score (nSPS) is 25.6. The molecule has 2 amide bonds. The molecule has 0 bridgehead atoms. The Morgan fingerprint density at radius 1 is 1.14 bits per heavy atom. The van der Waals surface area contributed by atoms with Crippen LogP contribution >= 0.6 is 0 Å². The smallest absolute Gasteiger partial charge is 0.329 e. The van der Waals surface area contributed by atoms with Gasteiger partial charge in [0.1, 0.15) is 5.54 Å². The fraction of sp³-hybridized carbons (Fsp3) is 0.857. The van der Waals surface area contributed by atoms with Gasteiger partial charge < -0.3 is 25.2 Å². The Labute approximate surface area is 124 Å². The van der Waals surface area contributed by atoms with Crippen LogP contribution in [0.5, 0.6) is 0 Å². The molecular formula is C14H24N2O5. The molecule has 1 atom stereocenters. The maximum Gasteiger partial charge on any atom is 0.329 e.